The Morgan fingerprint density at radius 2 is 1.96 bits per heavy atom. The molecule has 2 N–H and O–H groups in total. The van der Waals surface area contributed by atoms with E-state index in [0.29, 0.717) is 6.54 Å². The highest BCUT2D eigenvalue weighted by Crippen LogP contribution is 2.29. The number of rotatable bonds is 4. The average molecular weight is 318 g/mol. The first-order chi connectivity index (χ1) is 11.7. The van der Waals surface area contributed by atoms with Crippen molar-refractivity contribution in [3.8, 4) is 0 Å². The molecule has 122 valence electrons. The van der Waals surface area contributed by atoms with Crippen LogP contribution in [0.25, 0.3) is 10.9 Å². The summed E-state index contributed by atoms with van der Waals surface area (Å²) in [7, 11) is 0. The number of hydrogen-bond acceptors (Lipinski definition) is 2. The number of H-pyrrole nitrogens is 1. The number of Topliss-reactive ketones (excluding diaryl/α,β-unsaturated/α-hetero) is 1. The van der Waals surface area contributed by atoms with Crippen molar-refractivity contribution in [2.75, 3.05) is 6.54 Å². The molecule has 4 rings (SSSR count). The minimum atomic E-state index is 0.160. The van der Waals surface area contributed by atoms with E-state index in [4.69, 9.17) is 0 Å². The lowest BCUT2D eigenvalue weighted by molar-refractivity contribution is 0.0987. The zero-order valence-electron chi connectivity index (χ0n) is 13.9. The van der Waals surface area contributed by atoms with Gasteiger partial charge in [-0.2, -0.15) is 0 Å². The van der Waals surface area contributed by atoms with Crippen molar-refractivity contribution in [1.82, 2.24) is 10.3 Å². The second-order valence-corrected chi connectivity index (χ2v) is 6.62. The SMILES string of the molecule is Cc1[nH]c2ccccc2c1C(=O)CN[C@H]1CCCc2ccccc21. The second-order valence-electron chi connectivity index (χ2n) is 6.62. The Balaban J connectivity index is 1.54. The number of hydrogen-bond donors (Lipinski definition) is 2. The number of aryl methyl sites for hydroxylation is 2. The standard InChI is InChI=1S/C21H22N2O/c1-14-21(17-10-4-5-11-19(17)23-14)20(24)13-22-18-12-6-8-15-7-2-3-9-16(15)18/h2-5,7,9-11,18,22-23H,6,8,12-13H2,1H3/t18-/m0/s1. The molecule has 1 atom stereocenters. The summed E-state index contributed by atoms with van der Waals surface area (Å²) in [5, 5.41) is 4.51. The van der Waals surface area contributed by atoms with Gasteiger partial charge in [-0.1, -0.05) is 42.5 Å². The Labute approximate surface area is 142 Å². The summed E-state index contributed by atoms with van der Waals surface area (Å²) in [4.78, 5) is 16.1. The molecule has 3 heteroatoms. The Morgan fingerprint density at radius 1 is 1.17 bits per heavy atom. The second kappa shape index (κ2) is 6.25. The number of fused-ring (bicyclic) bond motifs is 2. The maximum absolute atomic E-state index is 12.8. The molecule has 24 heavy (non-hydrogen) atoms. The fourth-order valence-electron chi connectivity index (χ4n) is 3.91. The minimum Gasteiger partial charge on any atom is -0.358 e. The lowest BCUT2D eigenvalue weighted by Crippen LogP contribution is -2.30. The summed E-state index contributed by atoms with van der Waals surface area (Å²) in [5.41, 5.74) is 5.57. The van der Waals surface area contributed by atoms with Crippen LogP contribution in [0.15, 0.2) is 48.5 Å². The molecule has 0 spiro atoms. The van der Waals surface area contributed by atoms with Crippen LogP contribution in [0.3, 0.4) is 0 Å². The van der Waals surface area contributed by atoms with E-state index in [1.165, 1.54) is 17.5 Å². The van der Waals surface area contributed by atoms with Gasteiger partial charge in [0.2, 0.25) is 0 Å². The number of ketones is 1. The molecule has 0 fully saturated rings. The van der Waals surface area contributed by atoms with Crippen molar-refractivity contribution >= 4 is 16.7 Å². The van der Waals surface area contributed by atoms with Crippen molar-refractivity contribution < 1.29 is 4.79 Å². The third-order valence-electron chi connectivity index (χ3n) is 5.05. The minimum absolute atomic E-state index is 0.160. The van der Waals surface area contributed by atoms with Crippen LogP contribution >= 0.6 is 0 Å². The highest BCUT2D eigenvalue weighted by Gasteiger charge is 2.21. The molecule has 2 aromatic carbocycles. The fourth-order valence-corrected chi connectivity index (χ4v) is 3.91. The van der Waals surface area contributed by atoms with Gasteiger partial charge in [-0.3, -0.25) is 4.79 Å². The van der Waals surface area contributed by atoms with Crippen molar-refractivity contribution in [2.45, 2.75) is 32.2 Å². The number of aromatic nitrogens is 1. The van der Waals surface area contributed by atoms with E-state index in [0.717, 1.165) is 35.0 Å². The van der Waals surface area contributed by atoms with Gasteiger partial charge in [0.1, 0.15) is 0 Å². The van der Waals surface area contributed by atoms with E-state index in [1.54, 1.807) is 0 Å². The van der Waals surface area contributed by atoms with Gasteiger partial charge in [0, 0.05) is 28.2 Å². The van der Waals surface area contributed by atoms with Crippen molar-refractivity contribution in [1.29, 1.82) is 0 Å². The number of nitrogens with one attached hydrogen (secondary N) is 2. The average Bonchev–Trinajstić information content (AvgIpc) is 2.95. The summed E-state index contributed by atoms with van der Waals surface area (Å²) < 4.78 is 0. The molecule has 0 saturated heterocycles. The predicted molar refractivity (Wildman–Crippen MR) is 97.5 cm³/mol. The summed E-state index contributed by atoms with van der Waals surface area (Å²) in [5.74, 6) is 0.160. The molecule has 0 unspecified atom stereocenters. The first-order valence-electron chi connectivity index (χ1n) is 8.66. The first kappa shape index (κ1) is 15.2. The molecule has 0 saturated carbocycles. The fraction of sp³-hybridized carbons (Fsp3) is 0.286. The molecule has 1 aliphatic rings. The number of aromatic amines is 1. The highest BCUT2D eigenvalue weighted by atomic mass is 16.1. The lowest BCUT2D eigenvalue weighted by atomic mass is 9.87. The lowest BCUT2D eigenvalue weighted by Gasteiger charge is -2.26. The van der Waals surface area contributed by atoms with Crippen LogP contribution in [0.4, 0.5) is 0 Å². The maximum Gasteiger partial charge on any atom is 0.179 e. The predicted octanol–water partition coefficient (Wildman–Crippen LogP) is 4.33. The van der Waals surface area contributed by atoms with Crippen LogP contribution < -0.4 is 5.32 Å². The third kappa shape index (κ3) is 2.65. The molecule has 3 aromatic rings. The monoisotopic (exact) mass is 318 g/mol. The summed E-state index contributed by atoms with van der Waals surface area (Å²) in [6.07, 6.45) is 3.41. The van der Waals surface area contributed by atoms with Crippen LogP contribution in [-0.2, 0) is 6.42 Å². The van der Waals surface area contributed by atoms with Gasteiger partial charge in [0.05, 0.1) is 6.54 Å². The number of benzene rings is 2. The quantitative estimate of drug-likeness (QED) is 0.703. The van der Waals surface area contributed by atoms with E-state index >= 15 is 0 Å². The molecule has 1 aliphatic carbocycles. The van der Waals surface area contributed by atoms with Gasteiger partial charge in [0.15, 0.2) is 5.78 Å². The van der Waals surface area contributed by atoms with Gasteiger partial charge in [-0.25, -0.2) is 0 Å². The smallest absolute Gasteiger partial charge is 0.179 e. The van der Waals surface area contributed by atoms with E-state index in [9.17, 15) is 4.79 Å². The number of carbonyl (C=O) groups excluding carboxylic acids is 1. The summed E-state index contributed by atoms with van der Waals surface area (Å²) in [6, 6.07) is 16.9. The van der Waals surface area contributed by atoms with E-state index in [2.05, 4.69) is 34.6 Å². The van der Waals surface area contributed by atoms with Gasteiger partial charge < -0.3 is 10.3 Å². The number of carbonyl (C=O) groups is 1. The molecule has 0 radical (unpaired) electrons. The van der Waals surface area contributed by atoms with Gasteiger partial charge in [0.25, 0.3) is 0 Å². The molecule has 0 amide bonds. The molecule has 3 nitrogen and oxygen atoms in total. The Morgan fingerprint density at radius 3 is 2.88 bits per heavy atom. The first-order valence-corrected chi connectivity index (χ1v) is 8.66. The van der Waals surface area contributed by atoms with Crippen LogP contribution in [0.5, 0.6) is 0 Å². The third-order valence-corrected chi connectivity index (χ3v) is 5.05. The number of para-hydroxylation sites is 1. The van der Waals surface area contributed by atoms with E-state index in [-0.39, 0.29) is 11.8 Å². The Hall–Kier alpha value is -2.39. The van der Waals surface area contributed by atoms with Crippen LogP contribution in [0.1, 0.15) is 46.1 Å². The van der Waals surface area contributed by atoms with Gasteiger partial charge in [-0.05, 0) is 43.4 Å². The summed E-state index contributed by atoms with van der Waals surface area (Å²) in [6.45, 7) is 2.35. The summed E-state index contributed by atoms with van der Waals surface area (Å²) >= 11 is 0. The highest BCUT2D eigenvalue weighted by molar-refractivity contribution is 6.10. The van der Waals surface area contributed by atoms with Gasteiger partial charge in [-0.15, -0.1) is 0 Å². The van der Waals surface area contributed by atoms with E-state index < -0.39 is 0 Å². The van der Waals surface area contributed by atoms with Crippen molar-refractivity contribution in [2.24, 2.45) is 0 Å². The van der Waals surface area contributed by atoms with Crippen molar-refractivity contribution in [3.63, 3.8) is 0 Å². The molecule has 1 aromatic heterocycles. The zero-order chi connectivity index (χ0) is 16.5. The van der Waals surface area contributed by atoms with Gasteiger partial charge >= 0.3 is 0 Å². The Kier molecular flexibility index (Phi) is 3.95. The van der Waals surface area contributed by atoms with Crippen molar-refractivity contribution in [3.05, 3.63) is 70.9 Å². The molecule has 0 bridgehead atoms. The molecule has 1 heterocycles. The zero-order valence-corrected chi connectivity index (χ0v) is 13.9. The molecular formula is C21H22N2O. The molecule has 0 aliphatic heterocycles. The largest absolute Gasteiger partial charge is 0.358 e. The Bertz CT molecular complexity index is 894. The normalized spacial score (nSPS) is 17.0. The molecular weight excluding hydrogens is 296 g/mol. The maximum atomic E-state index is 12.8. The van der Waals surface area contributed by atoms with Crippen LogP contribution in [0.2, 0.25) is 0 Å². The van der Waals surface area contributed by atoms with E-state index in [1.807, 2.05) is 31.2 Å². The topological polar surface area (TPSA) is 44.9 Å². The van der Waals surface area contributed by atoms with Crippen LogP contribution in [0, 0.1) is 6.92 Å². The van der Waals surface area contributed by atoms with Crippen LogP contribution in [-0.4, -0.2) is 17.3 Å².